The van der Waals surface area contributed by atoms with Gasteiger partial charge in [0.05, 0.1) is 0 Å². The van der Waals surface area contributed by atoms with Crippen molar-refractivity contribution < 1.29 is 4.79 Å². The van der Waals surface area contributed by atoms with Gasteiger partial charge in [-0.3, -0.25) is 4.79 Å². The van der Waals surface area contributed by atoms with E-state index in [1.807, 2.05) is 31.2 Å². The Morgan fingerprint density at radius 3 is 2.67 bits per heavy atom. The lowest BCUT2D eigenvalue weighted by atomic mass is 10.0. The van der Waals surface area contributed by atoms with Crippen molar-refractivity contribution in [2.75, 3.05) is 14.1 Å². The van der Waals surface area contributed by atoms with E-state index < -0.39 is 0 Å². The molecule has 82 valence electrons. The zero-order chi connectivity index (χ0) is 11.4. The molecule has 2 N–H and O–H groups in total. The van der Waals surface area contributed by atoms with E-state index in [4.69, 9.17) is 5.73 Å². The topological polar surface area (TPSA) is 46.3 Å². The molecule has 0 bridgehead atoms. The lowest BCUT2D eigenvalue weighted by molar-refractivity contribution is -0.129. The number of rotatable bonds is 3. The molecule has 1 rings (SSSR count). The average molecular weight is 206 g/mol. The molecule has 0 fully saturated rings. The van der Waals surface area contributed by atoms with Crippen molar-refractivity contribution in [1.29, 1.82) is 0 Å². The molecule has 0 saturated carbocycles. The van der Waals surface area contributed by atoms with Gasteiger partial charge in [-0.2, -0.15) is 0 Å². The highest BCUT2D eigenvalue weighted by atomic mass is 16.2. The number of aryl methyl sites for hydroxylation is 1. The van der Waals surface area contributed by atoms with Gasteiger partial charge in [0, 0.05) is 26.6 Å². The number of amides is 1. The summed E-state index contributed by atoms with van der Waals surface area (Å²) in [6, 6.07) is 7.75. The number of carbonyl (C=O) groups excluding carboxylic acids is 1. The van der Waals surface area contributed by atoms with Gasteiger partial charge in [-0.25, -0.2) is 0 Å². The normalized spacial score (nSPS) is 12.3. The van der Waals surface area contributed by atoms with Gasteiger partial charge >= 0.3 is 0 Å². The number of hydrogen-bond donors (Lipinski definition) is 1. The molecule has 15 heavy (non-hydrogen) atoms. The maximum Gasteiger partial charge on any atom is 0.223 e. The summed E-state index contributed by atoms with van der Waals surface area (Å²) in [5.74, 6) is 0.0593. The van der Waals surface area contributed by atoms with Gasteiger partial charge in [0.2, 0.25) is 5.91 Å². The number of nitrogens with two attached hydrogens (primary N) is 1. The molecule has 0 spiro atoms. The van der Waals surface area contributed by atoms with Crippen LogP contribution in [-0.2, 0) is 4.79 Å². The number of benzene rings is 1. The molecule has 3 heteroatoms. The third kappa shape index (κ3) is 3.36. The summed E-state index contributed by atoms with van der Waals surface area (Å²) in [5.41, 5.74) is 8.14. The van der Waals surface area contributed by atoms with Gasteiger partial charge in [0.25, 0.3) is 0 Å². The van der Waals surface area contributed by atoms with Crippen LogP contribution in [0.5, 0.6) is 0 Å². The fraction of sp³-hybridized carbons (Fsp3) is 0.417. The molecule has 3 nitrogen and oxygen atoms in total. The fourth-order valence-corrected chi connectivity index (χ4v) is 1.39. The lowest BCUT2D eigenvalue weighted by Crippen LogP contribution is -2.26. The molecule has 1 amide bonds. The molecule has 1 aromatic rings. The largest absolute Gasteiger partial charge is 0.349 e. The molecule has 0 saturated heterocycles. The summed E-state index contributed by atoms with van der Waals surface area (Å²) < 4.78 is 0. The summed E-state index contributed by atoms with van der Waals surface area (Å²) in [4.78, 5) is 13.0. The van der Waals surface area contributed by atoms with Gasteiger partial charge in [0.1, 0.15) is 0 Å². The van der Waals surface area contributed by atoms with Crippen LogP contribution in [0, 0.1) is 6.92 Å². The van der Waals surface area contributed by atoms with Crippen LogP contribution in [0.15, 0.2) is 24.3 Å². The van der Waals surface area contributed by atoms with Crippen molar-refractivity contribution in [3.05, 3.63) is 35.4 Å². The molecule has 1 unspecified atom stereocenters. The minimum atomic E-state index is -0.209. The lowest BCUT2D eigenvalue weighted by Gasteiger charge is -2.15. The van der Waals surface area contributed by atoms with Crippen molar-refractivity contribution in [2.45, 2.75) is 19.4 Å². The molecule has 0 radical (unpaired) electrons. The van der Waals surface area contributed by atoms with Crippen LogP contribution >= 0.6 is 0 Å². The van der Waals surface area contributed by atoms with Crippen molar-refractivity contribution >= 4 is 5.91 Å². The second-order valence-corrected chi connectivity index (χ2v) is 4.01. The minimum Gasteiger partial charge on any atom is -0.349 e. The van der Waals surface area contributed by atoms with Crippen molar-refractivity contribution in [3.8, 4) is 0 Å². The predicted octanol–water partition coefficient (Wildman–Crippen LogP) is 1.47. The second-order valence-electron chi connectivity index (χ2n) is 4.01. The zero-order valence-electron chi connectivity index (χ0n) is 9.53. The Hall–Kier alpha value is -1.35. The van der Waals surface area contributed by atoms with Crippen LogP contribution in [0.25, 0.3) is 0 Å². The van der Waals surface area contributed by atoms with E-state index in [0.717, 1.165) is 5.56 Å². The third-order valence-corrected chi connectivity index (χ3v) is 2.36. The van der Waals surface area contributed by atoms with E-state index in [0.29, 0.717) is 6.42 Å². The summed E-state index contributed by atoms with van der Waals surface area (Å²) in [5, 5.41) is 0. The molecular weight excluding hydrogens is 188 g/mol. The third-order valence-electron chi connectivity index (χ3n) is 2.36. The Morgan fingerprint density at radius 2 is 2.13 bits per heavy atom. The van der Waals surface area contributed by atoms with Gasteiger partial charge in [-0.05, 0) is 12.5 Å². The maximum absolute atomic E-state index is 11.5. The van der Waals surface area contributed by atoms with Crippen LogP contribution in [0.1, 0.15) is 23.6 Å². The van der Waals surface area contributed by atoms with Crippen LogP contribution in [0.3, 0.4) is 0 Å². The highest BCUT2D eigenvalue weighted by Gasteiger charge is 2.12. The van der Waals surface area contributed by atoms with Crippen molar-refractivity contribution in [3.63, 3.8) is 0 Å². The summed E-state index contributed by atoms with van der Waals surface area (Å²) in [6.07, 6.45) is 0.358. The number of nitrogens with zero attached hydrogens (tertiary/aromatic N) is 1. The molecular formula is C12H18N2O. The Morgan fingerprint density at radius 1 is 1.47 bits per heavy atom. The quantitative estimate of drug-likeness (QED) is 0.814. The summed E-state index contributed by atoms with van der Waals surface area (Å²) in [7, 11) is 3.48. The number of hydrogen-bond acceptors (Lipinski definition) is 2. The highest BCUT2D eigenvalue weighted by Crippen LogP contribution is 2.15. The first-order valence-corrected chi connectivity index (χ1v) is 5.03. The Kier molecular flexibility index (Phi) is 3.86. The Bertz CT molecular complexity index is 347. The molecule has 0 heterocycles. The van der Waals surface area contributed by atoms with E-state index in [1.54, 1.807) is 19.0 Å². The van der Waals surface area contributed by atoms with E-state index >= 15 is 0 Å². The van der Waals surface area contributed by atoms with Crippen LogP contribution in [-0.4, -0.2) is 24.9 Å². The summed E-state index contributed by atoms with van der Waals surface area (Å²) >= 11 is 0. The first-order valence-electron chi connectivity index (χ1n) is 5.03. The summed E-state index contributed by atoms with van der Waals surface area (Å²) in [6.45, 7) is 2.02. The van der Waals surface area contributed by atoms with Crippen molar-refractivity contribution in [1.82, 2.24) is 4.90 Å². The highest BCUT2D eigenvalue weighted by molar-refractivity contribution is 5.76. The smallest absolute Gasteiger partial charge is 0.223 e. The van der Waals surface area contributed by atoms with E-state index in [-0.39, 0.29) is 11.9 Å². The standard InChI is InChI=1S/C12H18N2O/c1-9-5-4-6-10(7-9)11(13)8-12(15)14(2)3/h4-7,11H,8,13H2,1-3H3. The van der Waals surface area contributed by atoms with E-state index in [1.165, 1.54) is 5.56 Å². The molecule has 0 aromatic heterocycles. The fourth-order valence-electron chi connectivity index (χ4n) is 1.39. The molecule has 1 atom stereocenters. The Balaban J connectivity index is 2.69. The van der Waals surface area contributed by atoms with E-state index in [9.17, 15) is 4.79 Å². The van der Waals surface area contributed by atoms with E-state index in [2.05, 4.69) is 0 Å². The average Bonchev–Trinajstić information content (AvgIpc) is 2.17. The maximum atomic E-state index is 11.5. The molecule has 0 aliphatic rings. The molecule has 0 aliphatic carbocycles. The number of carbonyl (C=O) groups is 1. The van der Waals surface area contributed by atoms with Gasteiger partial charge in [-0.1, -0.05) is 29.8 Å². The molecule has 1 aromatic carbocycles. The minimum absolute atomic E-state index is 0.0593. The first-order chi connectivity index (χ1) is 7.00. The van der Waals surface area contributed by atoms with Crippen LogP contribution in [0.2, 0.25) is 0 Å². The van der Waals surface area contributed by atoms with Gasteiger partial charge in [0.15, 0.2) is 0 Å². The Labute approximate surface area is 90.9 Å². The van der Waals surface area contributed by atoms with Gasteiger partial charge < -0.3 is 10.6 Å². The monoisotopic (exact) mass is 206 g/mol. The van der Waals surface area contributed by atoms with Gasteiger partial charge in [-0.15, -0.1) is 0 Å². The SMILES string of the molecule is Cc1cccc(C(N)CC(=O)N(C)C)c1. The van der Waals surface area contributed by atoms with Crippen molar-refractivity contribution in [2.24, 2.45) is 5.73 Å². The predicted molar refractivity (Wildman–Crippen MR) is 61.4 cm³/mol. The molecule has 0 aliphatic heterocycles. The zero-order valence-corrected chi connectivity index (χ0v) is 9.53. The second kappa shape index (κ2) is 4.94. The van der Waals surface area contributed by atoms with Crippen LogP contribution < -0.4 is 5.73 Å². The first kappa shape index (κ1) is 11.7. The van der Waals surface area contributed by atoms with Crippen LogP contribution in [0.4, 0.5) is 0 Å².